The largest absolute Gasteiger partial charge is 0.370 e. The van der Waals surface area contributed by atoms with Gasteiger partial charge >= 0.3 is 0 Å². The van der Waals surface area contributed by atoms with E-state index in [1.807, 2.05) is 24.3 Å². The predicted molar refractivity (Wildman–Crippen MR) is 124 cm³/mol. The fraction of sp³-hybridized carbons (Fsp3) is 0.500. The quantitative estimate of drug-likeness (QED) is 0.321. The zero-order valence-corrected chi connectivity index (χ0v) is 18.6. The second kappa shape index (κ2) is 16.3. The average molecular weight is 403 g/mol. The first-order valence-corrected chi connectivity index (χ1v) is 10.3. The minimum Gasteiger partial charge on any atom is -0.370 e. The highest BCUT2D eigenvalue weighted by Gasteiger charge is 2.04. The van der Waals surface area contributed by atoms with Gasteiger partial charge in [0.2, 0.25) is 0 Å². The molecule has 0 amide bonds. The van der Waals surface area contributed by atoms with Gasteiger partial charge in [0, 0.05) is 19.3 Å². The van der Waals surface area contributed by atoms with Gasteiger partial charge in [-0.2, -0.15) is 0 Å². The lowest BCUT2D eigenvalue weighted by Gasteiger charge is -2.06. The SMILES string of the molecule is CCC.CCC.Cc1ncc(-c2ccc(CNCCCN=C(N)N)cc2)c(=O)[nH]1. The first-order chi connectivity index (χ1) is 13.9. The van der Waals surface area contributed by atoms with Crippen LogP contribution in [0.2, 0.25) is 0 Å². The number of aliphatic imine (C=N–C) groups is 1. The van der Waals surface area contributed by atoms with E-state index < -0.39 is 0 Å². The smallest absolute Gasteiger partial charge is 0.258 e. The number of nitrogens with zero attached hydrogens (tertiary/aromatic N) is 2. The van der Waals surface area contributed by atoms with E-state index in [2.05, 4.69) is 48.0 Å². The van der Waals surface area contributed by atoms with E-state index in [1.54, 1.807) is 13.1 Å². The number of H-pyrrole nitrogens is 1. The highest BCUT2D eigenvalue weighted by Crippen LogP contribution is 2.15. The summed E-state index contributed by atoms with van der Waals surface area (Å²) in [4.78, 5) is 22.7. The van der Waals surface area contributed by atoms with E-state index in [4.69, 9.17) is 11.5 Å². The molecule has 0 saturated carbocycles. The first-order valence-electron chi connectivity index (χ1n) is 10.3. The van der Waals surface area contributed by atoms with Crippen LogP contribution in [0.1, 0.15) is 58.3 Å². The predicted octanol–water partition coefficient (Wildman–Crippen LogP) is 3.33. The number of benzene rings is 1. The average Bonchev–Trinajstić information content (AvgIpc) is 2.66. The van der Waals surface area contributed by atoms with Crippen molar-refractivity contribution >= 4 is 5.96 Å². The monoisotopic (exact) mass is 402 g/mol. The molecule has 0 aliphatic rings. The summed E-state index contributed by atoms with van der Waals surface area (Å²) in [5, 5.41) is 3.32. The molecule has 7 heteroatoms. The van der Waals surface area contributed by atoms with Gasteiger partial charge in [-0.1, -0.05) is 64.8 Å². The van der Waals surface area contributed by atoms with Crippen molar-refractivity contribution in [3.8, 4) is 11.1 Å². The van der Waals surface area contributed by atoms with Crippen LogP contribution in [0.5, 0.6) is 0 Å². The lowest BCUT2D eigenvalue weighted by molar-refractivity contribution is 0.655. The lowest BCUT2D eigenvalue weighted by Crippen LogP contribution is -2.23. The number of nitrogens with two attached hydrogens (primary N) is 2. The number of nitrogens with one attached hydrogen (secondary N) is 2. The highest BCUT2D eigenvalue weighted by molar-refractivity contribution is 5.75. The maximum absolute atomic E-state index is 11.9. The summed E-state index contributed by atoms with van der Waals surface area (Å²) in [6.07, 6.45) is 4.98. The van der Waals surface area contributed by atoms with Gasteiger partial charge in [0.15, 0.2) is 5.96 Å². The van der Waals surface area contributed by atoms with Crippen molar-refractivity contribution in [2.24, 2.45) is 16.5 Å². The molecule has 0 aliphatic carbocycles. The molecule has 0 spiro atoms. The molecule has 0 saturated heterocycles. The summed E-state index contributed by atoms with van der Waals surface area (Å²) < 4.78 is 0. The van der Waals surface area contributed by atoms with Gasteiger partial charge in [-0.05, 0) is 31.0 Å². The van der Waals surface area contributed by atoms with E-state index in [1.165, 1.54) is 12.8 Å². The third-order valence-corrected chi connectivity index (χ3v) is 3.33. The molecule has 0 atom stereocenters. The number of hydrogen-bond donors (Lipinski definition) is 4. The Morgan fingerprint density at radius 3 is 2.21 bits per heavy atom. The van der Waals surface area contributed by atoms with E-state index in [-0.39, 0.29) is 11.5 Å². The van der Waals surface area contributed by atoms with Crippen LogP contribution < -0.4 is 22.3 Å². The molecule has 1 heterocycles. The van der Waals surface area contributed by atoms with Crippen LogP contribution in [0.4, 0.5) is 0 Å². The number of aromatic nitrogens is 2. The van der Waals surface area contributed by atoms with Crippen LogP contribution in [-0.2, 0) is 6.54 Å². The molecule has 29 heavy (non-hydrogen) atoms. The topological polar surface area (TPSA) is 122 Å². The Morgan fingerprint density at radius 2 is 1.69 bits per heavy atom. The maximum Gasteiger partial charge on any atom is 0.258 e. The molecule has 2 rings (SSSR count). The van der Waals surface area contributed by atoms with Crippen molar-refractivity contribution < 1.29 is 0 Å². The van der Waals surface area contributed by atoms with Crippen LogP contribution >= 0.6 is 0 Å². The zero-order chi connectivity index (χ0) is 22.1. The van der Waals surface area contributed by atoms with E-state index in [9.17, 15) is 4.79 Å². The molecule has 6 N–H and O–H groups in total. The summed E-state index contributed by atoms with van der Waals surface area (Å²) in [6.45, 7) is 12.5. The van der Waals surface area contributed by atoms with Gasteiger partial charge in [0.25, 0.3) is 5.56 Å². The fourth-order valence-corrected chi connectivity index (χ4v) is 2.14. The van der Waals surface area contributed by atoms with Crippen LogP contribution in [0.3, 0.4) is 0 Å². The Kier molecular flexibility index (Phi) is 14.8. The molecule has 2 aromatic rings. The van der Waals surface area contributed by atoms with Gasteiger partial charge in [-0.25, -0.2) is 4.98 Å². The molecule has 0 aliphatic heterocycles. The maximum atomic E-state index is 11.9. The Balaban J connectivity index is 0.00000116. The Labute approximate surface area is 175 Å². The minimum absolute atomic E-state index is 0.122. The molecule has 0 radical (unpaired) electrons. The van der Waals surface area contributed by atoms with Crippen molar-refractivity contribution in [3.05, 3.63) is 52.2 Å². The molecule has 1 aromatic heterocycles. The van der Waals surface area contributed by atoms with Gasteiger partial charge in [0.1, 0.15) is 5.82 Å². The van der Waals surface area contributed by atoms with Gasteiger partial charge in [0.05, 0.1) is 5.56 Å². The number of guanidine groups is 1. The lowest BCUT2D eigenvalue weighted by atomic mass is 10.1. The van der Waals surface area contributed by atoms with Crippen LogP contribution in [0.15, 0.2) is 40.2 Å². The molecule has 0 bridgehead atoms. The molecule has 7 nitrogen and oxygen atoms in total. The van der Waals surface area contributed by atoms with Crippen molar-refractivity contribution in [1.29, 1.82) is 0 Å². The van der Waals surface area contributed by atoms with Crippen LogP contribution in [0, 0.1) is 6.92 Å². The normalized spacial score (nSPS) is 9.55. The summed E-state index contributed by atoms with van der Waals surface area (Å²) >= 11 is 0. The Bertz CT molecular complexity index is 747. The van der Waals surface area contributed by atoms with Crippen LogP contribution in [0.25, 0.3) is 11.1 Å². The third kappa shape index (κ3) is 12.4. The minimum atomic E-state index is -0.122. The number of aromatic amines is 1. The number of rotatable bonds is 7. The molecular formula is C22H38N6O. The van der Waals surface area contributed by atoms with E-state index in [0.717, 1.165) is 30.6 Å². The van der Waals surface area contributed by atoms with Crippen molar-refractivity contribution in [2.75, 3.05) is 13.1 Å². The summed E-state index contributed by atoms with van der Waals surface area (Å²) in [5.41, 5.74) is 13.0. The molecular weight excluding hydrogens is 364 g/mol. The van der Waals surface area contributed by atoms with Crippen molar-refractivity contribution in [1.82, 2.24) is 15.3 Å². The number of aryl methyl sites for hydroxylation is 1. The Morgan fingerprint density at radius 1 is 1.10 bits per heavy atom. The molecule has 0 unspecified atom stereocenters. The molecule has 0 fully saturated rings. The Hall–Kier alpha value is -2.67. The molecule has 1 aromatic carbocycles. The molecule has 162 valence electrons. The fourth-order valence-electron chi connectivity index (χ4n) is 2.14. The van der Waals surface area contributed by atoms with Crippen LogP contribution in [-0.4, -0.2) is 29.0 Å². The second-order valence-corrected chi connectivity index (χ2v) is 6.66. The zero-order valence-electron chi connectivity index (χ0n) is 18.6. The van der Waals surface area contributed by atoms with E-state index >= 15 is 0 Å². The van der Waals surface area contributed by atoms with Gasteiger partial charge in [-0.15, -0.1) is 0 Å². The van der Waals surface area contributed by atoms with E-state index in [0.29, 0.717) is 17.9 Å². The summed E-state index contributed by atoms with van der Waals surface area (Å²) in [7, 11) is 0. The highest BCUT2D eigenvalue weighted by atomic mass is 16.1. The van der Waals surface area contributed by atoms with Crippen molar-refractivity contribution in [2.45, 2.75) is 60.4 Å². The van der Waals surface area contributed by atoms with Gasteiger partial charge in [-0.3, -0.25) is 9.79 Å². The second-order valence-electron chi connectivity index (χ2n) is 6.66. The number of hydrogen-bond acceptors (Lipinski definition) is 4. The van der Waals surface area contributed by atoms with Crippen molar-refractivity contribution in [3.63, 3.8) is 0 Å². The summed E-state index contributed by atoms with van der Waals surface area (Å²) in [6, 6.07) is 7.85. The third-order valence-electron chi connectivity index (χ3n) is 3.33. The standard InChI is InChI=1S/C16H22N6O.2C3H8/c1-11-21-10-14(15(23)22-11)13-5-3-12(4-6-13)9-19-7-2-8-20-16(17)18;2*1-3-2/h3-6,10,19H,2,7-9H2,1H3,(H4,17,18,20)(H,21,22,23);2*3H2,1-2H3. The first kappa shape index (κ1) is 26.3. The summed E-state index contributed by atoms with van der Waals surface area (Å²) in [5.74, 6) is 0.737. The van der Waals surface area contributed by atoms with Gasteiger partial charge < -0.3 is 21.8 Å².